The van der Waals surface area contributed by atoms with Crippen LogP contribution in [0, 0.1) is 27.7 Å². The van der Waals surface area contributed by atoms with E-state index in [9.17, 15) is 28.4 Å². The van der Waals surface area contributed by atoms with E-state index in [-0.39, 0.29) is 50.5 Å². The summed E-state index contributed by atoms with van der Waals surface area (Å²) in [6.07, 6.45) is 0. The van der Waals surface area contributed by atoms with Crippen molar-refractivity contribution in [1.29, 1.82) is 0 Å². The normalized spacial score (nSPS) is 11.8. The Morgan fingerprint density at radius 1 is 0.676 bits per heavy atom. The van der Waals surface area contributed by atoms with Crippen molar-refractivity contribution in [3.63, 3.8) is 0 Å². The van der Waals surface area contributed by atoms with Crippen LogP contribution in [0.1, 0.15) is 22.5 Å². The second-order valence-electron chi connectivity index (χ2n) is 14.7. The van der Waals surface area contributed by atoms with Gasteiger partial charge in [0.2, 0.25) is 11.8 Å². The molecule has 8 rings (SSSR count). The molecule has 0 fully saturated rings. The molecule has 8 aromatic rings. The van der Waals surface area contributed by atoms with Crippen LogP contribution in [0.5, 0.6) is 11.8 Å². The molecular weight excluding hydrogens is 911 g/mol. The van der Waals surface area contributed by atoms with Crippen LogP contribution in [0.4, 0.5) is 34.1 Å². The molecule has 0 aliphatic carbocycles. The van der Waals surface area contributed by atoms with Gasteiger partial charge in [-0.2, -0.15) is 34.1 Å². The maximum absolute atomic E-state index is 12.5. The van der Waals surface area contributed by atoms with Crippen molar-refractivity contribution in [2.75, 3.05) is 5.32 Å². The molecule has 0 saturated carbocycles. The van der Waals surface area contributed by atoms with Crippen molar-refractivity contribution >= 4 is 62.2 Å². The number of aryl methyl sites for hydroxylation is 4. The van der Waals surface area contributed by atoms with Gasteiger partial charge in [0, 0.05) is 10.5 Å². The van der Waals surface area contributed by atoms with Crippen molar-refractivity contribution in [3.05, 3.63) is 168 Å². The lowest BCUT2D eigenvalue weighted by atomic mass is 10.0. The predicted octanol–water partition coefficient (Wildman–Crippen LogP) is 8.16. The minimum Gasteiger partial charge on any atom is -0.744 e. The summed E-state index contributed by atoms with van der Waals surface area (Å²) in [6.45, 7) is 7.35. The third-order valence-corrected chi connectivity index (χ3v) is 11.5. The summed E-state index contributed by atoms with van der Waals surface area (Å²) in [7, 11) is -5.10. The lowest BCUT2D eigenvalue weighted by Gasteiger charge is -2.16. The minimum absolute atomic E-state index is 0.0144. The van der Waals surface area contributed by atoms with Crippen molar-refractivity contribution in [3.8, 4) is 34.3 Å². The van der Waals surface area contributed by atoms with Gasteiger partial charge < -0.3 is 20.0 Å². The van der Waals surface area contributed by atoms with Gasteiger partial charge in [0.25, 0.3) is 0 Å². The summed E-state index contributed by atoms with van der Waals surface area (Å²) in [4.78, 5) is 2.65. The highest BCUT2D eigenvalue weighted by molar-refractivity contribution is 7.94. The fourth-order valence-electron chi connectivity index (χ4n) is 6.63. The quantitative estimate of drug-likeness (QED) is 0.0139. The number of hydrogen-bond acceptors (Lipinski definition) is 15. The van der Waals surface area contributed by atoms with Crippen LogP contribution >= 0.6 is 12.0 Å². The first-order valence-corrected chi connectivity index (χ1v) is 22.5. The Labute approximate surface area is 394 Å². The van der Waals surface area contributed by atoms with Crippen LogP contribution in [-0.2, 0) is 19.5 Å². The molecular formula is C47H42N11O8S2-. The fraction of sp³-hybridized carbons (Fsp3) is 0.0851. The topological polar surface area (TPSA) is 276 Å². The van der Waals surface area contributed by atoms with Crippen LogP contribution in [0.15, 0.2) is 176 Å². The first-order valence-electron chi connectivity index (χ1n) is 20.4. The summed E-state index contributed by atoms with van der Waals surface area (Å²) >= 11 is 0.442. The van der Waals surface area contributed by atoms with Crippen molar-refractivity contribution in [1.82, 2.24) is 19.6 Å². The maximum atomic E-state index is 12.5. The van der Waals surface area contributed by atoms with Gasteiger partial charge in [0.05, 0.1) is 51.1 Å². The van der Waals surface area contributed by atoms with E-state index in [1.165, 1.54) is 39.7 Å². The second kappa shape index (κ2) is 21.5. The molecule has 0 spiro atoms. The fourth-order valence-corrected chi connectivity index (χ4v) is 7.88. The average Bonchev–Trinajstić information content (AvgIpc) is 3.79. The van der Waals surface area contributed by atoms with Crippen molar-refractivity contribution in [2.24, 2.45) is 26.2 Å². The maximum Gasteiger partial charge on any atom is 0.351 e. The van der Waals surface area contributed by atoms with Gasteiger partial charge in [-0.15, -0.1) is 10.2 Å². The SMILES string of the molecule is Cc1ccccc1NC(N)=[NH+]c1ccccc1C.Cc1nn(-c2ccccc2)c(O)c1N=Nc1ccc(-c2ccc(N=Nc3c(C)nn(-c4ccccc4)c3O)cc2S(=O)(=O)[O-])c(SOO[O-])c1. The number of anilines is 1. The number of aromatic hydroxyl groups is 2. The molecule has 0 radical (unpaired) electrons. The van der Waals surface area contributed by atoms with E-state index in [1.807, 2.05) is 74.5 Å². The Morgan fingerprint density at radius 2 is 1.18 bits per heavy atom. The zero-order chi connectivity index (χ0) is 48.4. The Balaban J connectivity index is 0.000000318. The van der Waals surface area contributed by atoms with Crippen molar-refractivity contribution in [2.45, 2.75) is 37.5 Å². The van der Waals surface area contributed by atoms with E-state index in [2.05, 4.69) is 50.3 Å². The van der Waals surface area contributed by atoms with Crippen molar-refractivity contribution < 1.29 is 42.8 Å². The lowest BCUT2D eigenvalue weighted by molar-refractivity contribution is -0.777. The molecule has 0 saturated heterocycles. The molecule has 19 nitrogen and oxygen atoms in total. The number of para-hydroxylation sites is 4. The number of benzene rings is 6. The van der Waals surface area contributed by atoms with Gasteiger partial charge in [0.1, 0.15) is 21.5 Å². The standard InChI is InChI=1S/C32H26N8O8S2.C15H17N3/c1-19-29(31(41)39(37-19)23-9-5-3-6-10-23)35-33-21-13-15-25(27(17-21)49-48-47-43)26-16-14-22(18-28(26)50(44,45)46)34-36-30-20(2)38-40(32(30)42)24-11-7-4-8-12-24;1-11-7-3-5-9-13(11)17-15(16)18-14-10-6-4-8-12(14)2/h3-18,41-43H,1-2H3,(H,44,45,46);3-10H,1-2H3,(H3,16,17,18)/p-1. The molecule has 346 valence electrons. The minimum atomic E-state index is -5.10. The number of rotatable bonds is 13. The summed E-state index contributed by atoms with van der Waals surface area (Å²) in [5.74, 6) is -0.0103. The van der Waals surface area contributed by atoms with Crippen LogP contribution in [-0.4, -0.2) is 48.7 Å². The molecule has 6 N–H and O–H groups in total. The zero-order valence-corrected chi connectivity index (χ0v) is 38.3. The number of nitrogens with one attached hydrogen (secondary N) is 2. The first-order chi connectivity index (χ1) is 32.7. The molecule has 0 aliphatic heterocycles. The summed E-state index contributed by atoms with van der Waals surface area (Å²) in [5, 5.41) is 63.9. The van der Waals surface area contributed by atoms with Gasteiger partial charge in [-0.05, 0) is 105 Å². The first kappa shape index (κ1) is 47.9. The Kier molecular flexibility index (Phi) is 15.1. The molecule has 2 aromatic heterocycles. The van der Waals surface area contributed by atoms with E-state index < -0.39 is 15.0 Å². The molecule has 0 bridgehead atoms. The molecule has 68 heavy (non-hydrogen) atoms. The number of nitrogens with zero attached hydrogens (tertiary/aromatic N) is 8. The van der Waals surface area contributed by atoms with Gasteiger partial charge in [-0.25, -0.2) is 18.7 Å². The van der Waals surface area contributed by atoms with Gasteiger partial charge in [-0.3, -0.25) is 10.8 Å². The lowest BCUT2D eigenvalue weighted by Crippen LogP contribution is -2.72. The van der Waals surface area contributed by atoms with E-state index in [0.717, 1.165) is 28.6 Å². The zero-order valence-electron chi connectivity index (χ0n) is 36.7. The summed E-state index contributed by atoms with van der Waals surface area (Å²) < 4.78 is 44.6. The number of hydrogen-bond donors (Lipinski definition) is 5. The van der Waals surface area contributed by atoms with E-state index in [1.54, 1.807) is 62.4 Å². The van der Waals surface area contributed by atoms with Gasteiger partial charge in [0.15, 0.2) is 11.4 Å². The third kappa shape index (κ3) is 11.5. The molecule has 2 heterocycles. The number of aromatic nitrogens is 4. The number of nitrogens with two attached hydrogens (primary N) is 1. The molecule has 0 amide bonds. The summed E-state index contributed by atoms with van der Waals surface area (Å²) in [6, 6.07) is 41.9. The Bertz CT molecular complexity index is 3270. The largest absolute Gasteiger partial charge is 0.744 e. The van der Waals surface area contributed by atoms with Crippen LogP contribution in [0.25, 0.3) is 22.5 Å². The molecule has 0 atom stereocenters. The summed E-state index contributed by atoms with van der Waals surface area (Å²) in [5.41, 5.74) is 12.7. The third-order valence-electron chi connectivity index (χ3n) is 10.0. The highest BCUT2D eigenvalue weighted by atomic mass is 32.2. The molecule has 0 aliphatic rings. The van der Waals surface area contributed by atoms with Gasteiger partial charge in [-0.1, -0.05) is 84.9 Å². The highest BCUT2D eigenvalue weighted by Crippen LogP contribution is 2.41. The molecule has 6 aromatic carbocycles. The molecule has 21 heteroatoms. The average molecular weight is 953 g/mol. The monoisotopic (exact) mass is 952 g/mol. The van der Waals surface area contributed by atoms with Crippen LogP contribution in [0.3, 0.4) is 0 Å². The molecule has 0 unspecified atom stereocenters. The van der Waals surface area contributed by atoms with E-state index in [4.69, 9.17) is 5.73 Å². The number of azo groups is 2. The highest BCUT2D eigenvalue weighted by Gasteiger charge is 2.20. The second-order valence-corrected chi connectivity index (χ2v) is 16.8. The Hall–Kier alpha value is -8.05. The predicted molar refractivity (Wildman–Crippen MR) is 252 cm³/mol. The van der Waals surface area contributed by atoms with Crippen LogP contribution < -0.4 is 21.3 Å². The number of guanidine groups is 1. The van der Waals surface area contributed by atoms with Gasteiger partial charge >= 0.3 is 5.96 Å². The Morgan fingerprint density at radius 3 is 1.71 bits per heavy atom. The van der Waals surface area contributed by atoms with E-state index >= 15 is 0 Å². The van der Waals surface area contributed by atoms with E-state index in [0.29, 0.717) is 40.8 Å². The van der Waals surface area contributed by atoms with Crippen LogP contribution in [0.2, 0.25) is 0 Å². The smallest absolute Gasteiger partial charge is 0.351 e.